The van der Waals surface area contributed by atoms with Crippen LogP contribution in [0.2, 0.25) is 0 Å². The molecule has 1 heterocycles. The summed E-state index contributed by atoms with van der Waals surface area (Å²) in [5, 5.41) is 3.87. The second-order valence-corrected chi connectivity index (χ2v) is 7.02. The molecule has 0 aliphatic carbocycles. The molecule has 0 saturated heterocycles. The van der Waals surface area contributed by atoms with Crippen LogP contribution in [0.4, 0.5) is 5.69 Å². The molecular weight excluding hydrogens is 360 g/mol. The molecule has 0 fully saturated rings. The van der Waals surface area contributed by atoms with Gasteiger partial charge in [0.15, 0.2) is 0 Å². The van der Waals surface area contributed by atoms with Crippen LogP contribution in [0.25, 0.3) is 22.2 Å². The number of pyridine rings is 1. The van der Waals surface area contributed by atoms with Gasteiger partial charge in [0.05, 0.1) is 23.9 Å². The maximum Gasteiger partial charge on any atom is 0.256 e. The first kappa shape index (κ1) is 18.7. The highest BCUT2D eigenvalue weighted by Gasteiger charge is 2.15. The smallest absolute Gasteiger partial charge is 0.256 e. The molecule has 144 valence electrons. The van der Waals surface area contributed by atoms with E-state index in [0.29, 0.717) is 5.56 Å². The lowest BCUT2D eigenvalue weighted by Crippen LogP contribution is -2.14. The maximum atomic E-state index is 13.2. The van der Waals surface area contributed by atoms with Gasteiger partial charge in [0.2, 0.25) is 0 Å². The summed E-state index contributed by atoms with van der Waals surface area (Å²) in [5.74, 6) is 0.600. The monoisotopic (exact) mass is 382 g/mol. The van der Waals surface area contributed by atoms with Crippen LogP contribution in [-0.4, -0.2) is 18.0 Å². The molecule has 3 aromatic carbocycles. The lowest BCUT2D eigenvalue weighted by molar-refractivity contribution is 0.102. The van der Waals surface area contributed by atoms with E-state index in [4.69, 9.17) is 9.72 Å². The number of fused-ring (bicyclic) bond motifs is 1. The summed E-state index contributed by atoms with van der Waals surface area (Å²) in [4.78, 5) is 18.0. The predicted octanol–water partition coefficient (Wildman–Crippen LogP) is 5.78. The minimum Gasteiger partial charge on any atom is -0.497 e. The molecule has 0 aliphatic rings. The molecule has 4 heteroatoms. The molecule has 4 nitrogen and oxygen atoms in total. The molecule has 29 heavy (non-hydrogen) atoms. The molecule has 0 radical (unpaired) electrons. The zero-order valence-electron chi connectivity index (χ0n) is 16.7. The number of aryl methyl sites for hydroxylation is 2. The van der Waals surface area contributed by atoms with Crippen molar-refractivity contribution in [2.24, 2.45) is 0 Å². The van der Waals surface area contributed by atoms with Crippen LogP contribution >= 0.6 is 0 Å². The largest absolute Gasteiger partial charge is 0.497 e. The van der Waals surface area contributed by atoms with Crippen molar-refractivity contribution in [1.29, 1.82) is 0 Å². The van der Waals surface area contributed by atoms with Gasteiger partial charge in [-0.2, -0.15) is 0 Å². The Kier molecular flexibility index (Phi) is 5.00. The molecule has 0 saturated carbocycles. The van der Waals surface area contributed by atoms with E-state index in [2.05, 4.69) is 5.32 Å². The molecule has 0 atom stereocenters. The van der Waals surface area contributed by atoms with Gasteiger partial charge in [-0.25, -0.2) is 4.98 Å². The van der Waals surface area contributed by atoms with Gasteiger partial charge < -0.3 is 10.1 Å². The van der Waals surface area contributed by atoms with Crippen molar-refractivity contribution in [2.75, 3.05) is 12.4 Å². The maximum absolute atomic E-state index is 13.2. The molecule has 0 aliphatic heterocycles. The third kappa shape index (κ3) is 3.69. The number of benzene rings is 3. The standard InChI is InChI=1S/C25H22N2O2/c1-16-8-4-5-9-19(16)24-15-21(20-10-6-7-11-23(20)26-24)25(28)27-22-13-12-18(29-3)14-17(22)2/h4-15H,1-3H3,(H,27,28). The minimum absolute atomic E-state index is 0.160. The summed E-state index contributed by atoms with van der Waals surface area (Å²) >= 11 is 0. The Labute approximate surface area is 170 Å². The van der Waals surface area contributed by atoms with Crippen molar-refractivity contribution in [2.45, 2.75) is 13.8 Å². The number of hydrogen-bond donors (Lipinski definition) is 1. The summed E-state index contributed by atoms with van der Waals surface area (Å²) in [6.07, 6.45) is 0. The van der Waals surface area contributed by atoms with Gasteiger partial charge >= 0.3 is 0 Å². The highest BCUT2D eigenvalue weighted by Crippen LogP contribution is 2.28. The SMILES string of the molecule is COc1ccc(NC(=O)c2cc(-c3ccccc3C)nc3ccccc23)c(C)c1. The fourth-order valence-corrected chi connectivity index (χ4v) is 3.45. The topological polar surface area (TPSA) is 51.2 Å². The number of anilines is 1. The van der Waals surface area contributed by atoms with E-state index in [1.165, 1.54) is 0 Å². The number of nitrogens with one attached hydrogen (secondary N) is 1. The first-order chi connectivity index (χ1) is 14.1. The number of para-hydroxylation sites is 1. The average molecular weight is 382 g/mol. The van der Waals surface area contributed by atoms with E-state index >= 15 is 0 Å². The lowest BCUT2D eigenvalue weighted by Gasteiger charge is -2.13. The fraction of sp³-hybridized carbons (Fsp3) is 0.120. The van der Waals surface area contributed by atoms with Crippen molar-refractivity contribution in [3.63, 3.8) is 0 Å². The van der Waals surface area contributed by atoms with E-state index in [9.17, 15) is 4.79 Å². The van der Waals surface area contributed by atoms with Gasteiger partial charge in [-0.3, -0.25) is 4.79 Å². The van der Waals surface area contributed by atoms with Crippen molar-refractivity contribution < 1.29 is 9.53 Å². The highest BCUT2D eigenvalue weighted by atomic mass is 16.5. The Bertz CT molecular complexity index is 1210. The Morgan fingerprint density at radius 1 is 0.897 bits per heavy atom. The average Bonchev–Trinajstić information content (AvgIpc) is 2.74. The second-order valence-electron chi connectivity index (χ2n) is 7.02. The molecular formula is C25H22N2O2. The van der Waals surface area contributed by atoms with Crippen LogP contribution in [0.15, 0.2) is 72.8 Å². The number of rotatable bonds is 4. The van der Waals surface area contributed by atoms with E-state index in [0.717, 1.165) is 44.7 Å². The highest BCUT2D eigenvalue weighted by molar-refractivity contribution is 6.13. The van der Waals surface area contributed by atoms with Gasteiger partial charge in [0.1, 0.15) is 5.75 Å². The van der Waals surface area contributed by atoms with E-state index in [1.807, 2.05) is 86.6 Å². The Balaban J connectivity index is 1.80. The summed E-state index contributed by atoms with van der Waals surface area (Å²) in [5.41, 5.74) is 6.03. The van der Waals surface area contributed by atoms with E-state index in [-0.39, 0.29) is 5.91 Å². The van der Waals surface area contributed by atoms with Gasteiger partial charge in [-0.15, -0.1) is 0 Å². The van der Waals surface area contributed by atoms with Crippen molar-refractivity contribution in [3.8, 4) is 17.0 Å². The number of amides is 1. The van der Waals surface area contributed by atoms with Gasteiger partial charge in [0.25, 0.3) is 5.91 Å². The third-order valence-electron chi connectivity index (χ3n) is 5.06. The van der Waals surface area contributed by atoms with E-state index in [1.54, 1.807) is 7.11 Å². The molecule has 4 aromatic rings. The molecule has 1 amide bonds. The number of methoxy groups -OCH3 is 1. The van der Waals surface area contributed by atoms with Crippen LogP contribution in [0.5, 0.6) is 5.75 Å². The molecule has 0 unspecified atom stereocenters. The third-order valence-corrected chi connectivity index (χ3v) is 5.06. The van der Waals surface area contributed by atoms with Crippen LogP contribution in [0.3, 0.4) is 0 Å². The zero-order chi connectivity index (χ0) is 20.4. The van der Waals surface area contributed by atoms with Gasteiger partial charge in [0, 0.05) is 16.6 Å². The zero-order valence-corrected chi connectivity index (χ0v) is 16.7. The van der Waals surface area contributed by atoms with Crippen LogP contribution in [0, 0.1) is 13.8 Å². The Hall–Kier alpha value is -3.66. The summed E-state index contributed by atoms with van der Waals surface area (Å²) in [6, 6.07) is 23.3. The number of nitrogens with zero attached hydrogens (tertiary/aromatic N) is 1. The van der Waals surface area contributed by atoms with Crippen molar-refractivity contribution in [1.82, 2.24) is 4.98 Å². The quantitative estimate of drug-likeness (QED) is 0.487. The Morgan fingerprint density at radius 3 is 2.41 bits per heavy atom. The molecule has 0 spiro atoms. The molecule has 1 N–H and O–H groups in total. The summed E-state index contributed by atoms with van der Waals surface area (Å²) < 4.78 is 5.25. The Morgan fingerprint density at radius 2 is 1.66 bits per heavy atom. The molecule has 1 aromatic heterocycles. The van der Waals surface area contributed by atoms with Crippen LogP contribution < -0.4 is 10.1 Å². The van der Waals surface area contributed by atoms with Crippen LogP contribution in [-0.2, 0) is 0 Å². The predicted molar refractivity (Wildman–Crippen MR) is 118 cm³/mol. The normalized spacial score (nSPS) is 10.7. The molecule has 0 bridgehead atoms. The minimum atomic E-state index is -0.160. The number of ether oxygens (including phenoxy) is 1. The van der Waals surface area contributed by atoms with Crippen LogP contribution in [0.1, 0.15) is 21.5 Å². The second kappa shape index (κ2) is 7.76. The fourth-order valence-electron chi connectivity index (χ4n) is 3.45. The van der Waals surface area contributed by atoms with Crippen molar-refractivity contribution in [3.05, 3.63) is 89.5 Å². The number of carbonyl (C=O) groups excluding carboxylic acids is 1. The lowest BCUT2D eigenvalue weighted by atomic mass is 10.0. The number of aromatic nitrogens is 1. The van der Waals surface area contributed by atoms with Gasteiger partial charge in [-0.05, 0) is 55.3 Å². The number of carbonyl (C=O) groups is 1. The van der Waals surface area contributed by atoms with E-state index < -0.39 is 0 Å². The first-order valence-corrected chi connectivity index (χ1v) is 9.48. The van der Waals surface area contributed by atoms with Gasteiger partial charge in [-0.1, -0.05) is 42.5 Å². The number of hydrogen-bond acceptors (Lipinski definition) is 3. The summed E-state index contributed by atoms with van der Waals surface area (Å²) in [7, 11) is 1.63. The van der Waals surface area contributed by atoms with Crippen molar-refractivity contribution >= 4 is 22.5 Å². The molecule has 4 rings (SSSR count). The first-order valence-electron chi connectivity index (χ1n) is 9.48. The summed E-state index contributed by atoms with van der Waals surface area (Å²) in [6.45, 7) is 3.99.